The summed E-state index contributed by atoms with van der Waals surface area (Å²) in [5.74, 6) is 0.395. The smallest absolute Gasteiger partial charge is 0.252 e. The van der Waals surface area contributed by atoms with Crippen molar-refractivity contribution >= 4 is 32.9 Å². The van der Waals surface area contributed by atoms with E-state index in [0.29, 0.717) is 36.0 Å². The molecular formula is C17H19N5O3S2. The zero-order chi connectivity index (χ0) is 18.9. The molecule has 27 heavy (non-hydrogen) atoms. The van der Waals surface area contributed by atoms with Gasteiger partial charge < -0.3 is 5.32 Å². The number of hydrogen-bond acceptors (Lipinski definition) is 6. The van der Waals surface area contributed by atoms with Crippen LogP contribution in [0.25, 0.3) is 5.65 Å². The van der Waals surface area contributed by atoms with E-state index in [2.05, 4.69) is 15.5 Å². The first-order chi connectivity index (χ1) is 13.1. The molecule has 142 valence electrons. The maximum absolute atomic E-state index is 12.5. The minimum Gasteiger partial charge on any atom is -0.349 e. The van der Waals surface area contributed by atoms with Crippen LogP contribution >= 0.6 is 11.3 Å². The van der Waals surface area contributed by atoms with Crippen LogP contribution in [0, 0.1) is 5.92 Å². The molecule has 1 aliphatic heterocycles. The average Bonchev–Trinajstić information content (AvgIpc) is 3.37. The number of hydrogen-bond donors (Lipinski definition) is 1. The fraction of sp³-hybridized carbons (Fsp3) is 0.353. The van der Waals surface area contributed by atoms with Crippen molar-refractivity contribution in [2.24, 2.45) is 5.92 Å². The Kier molecular flexibility index (Phi) is 4.94. The van der Waals surface area contributed by atoms with Crippen LogP contribution in [0.15, 0.2) is 46.1 Å². The highest BCUT2D eigenvalue weighted by Crippen LogP contribution is 2.26. The molecule has 10 heteroatoms. The first-order valence-corrected chi connectivity index (χ1v) is 11.0. The number of nitrogens with zero attached hydrogens (tertiary/aromatic N) is 4. The lowest BCUT2D eigenvalue weighted by molar-refractivity contribution is -0.126. The third-order valence-electron chi connectivity index (χ3n) is 4.72. The lowest BCUT2D eigenvalue weighted by atomic mass is 9.97. The summed E-state index contributed by atoms with van der Waals surface area (Å²) < 4.78 is 28.7. The van der Waals surface area contributed by atoms with Gasteiger partial charge in [-0.1, -0.05) is 12.1 Å². The summed E-state index contributed by atoms with van der Waals surface area (Å²) in [7, 11) is -3.44. The van der Waals surface area contributed by atoms with Crippen molar-refractivity contribution in [1.82, 2.24) is 24.2 Å². The Morgan fingerprint density at radius 3 is 2.74 bits per heavy atom. The maximum atomic E-state index is 12.5. The Labute approximate surface area is 160 Å². The summed E-state index contributed by atoms with van der Waals surface area (Å²) in [6.07, 6.45) is 2.87. The van der Waals surface area contributed by atoms with Crippen LogP contribution in [0.3, 0.4) is 0 Å². The molecule has 0 unspecified atom stereocenters. The molecular weight excluding hydrogens is 386 g/mol. The molecule has 0 bridgehead atoms. The standard InChI is InChI=1S/C17H19N5O3S2/c23-17(18-12-15-20-19-14-4-1-2-8-22(14)15)13-6-9-21(10-7-13)27(24,25)16-5-3-11-26-16/h1-5,8,11,13H,6-7,9-10,12H2,(H,18,23). The van der Waals surface area contributed by atoms with Gasteiger partial charge in [-0.15, -0.1) is 21.5 Å². The number of aromatic nitrogens is 3. The summed E-state index contributed by atoms with van der Waals surface area (Å²) in [4.78, 5) is 12.5. The Bertz CT molecular complexity index is 1040. The molecule has 1 amide bonds. The third kappa shape index (κ3) is 3.60. The molecule has 4 heterocycles. The maximum Gasteiger partial charge on any atom is 0.252 e. The molecule has 0 radical (unpaired) electrons. The summed E-state index contributed by atoms with van der Waals surface area (Å²) in [5, 5.41) is 12.8. The second kappa shape index (κ2) is 7.37. The Morgan fingerprint density at radius 2 is 2.00 bits per heavy atom. The molecule has 4 rings (SSSR count). The van der Waals surface area contributed by atoms with Crippen molar-refractivity contribution < 1.29 is 13.2 Å². The van der Waals surface area contributed by atoms with E-state index in [4.69, 9.17) is 0 Å². The van der Waals surface area contributed by atoms with Crippen molar-refractivity contribution in [3.05, 3.63) is 47.7 Å². The molecule has 1 N–H and O–H groups in total. The van der Waals surface area contributed by atoms with E-state index in [1.807, 2.05) is 28.8 Å². The number of pyridine rings is 1. The van der Waals surface area contributed by atoms with E-state index in [9.17, 15) is 13.2 Å². The normalized spacial score (nSPS) is 16.6. The summed E-state index contributed by atoms with van der Waals surface area (Å²) >= 11 is 1.21. The number of nitrogens with one attached hydrogen (secondary N) is 1. The van der Waals surface area contributed by atoms with Gasteiger partial charge in [0, 0.05) is 25.2 Å². The molecule has 8 nitrogen and oxygen atoms in total. The van der Waals surface area contributed by atoms with Crippen LogP contribution in [0.5, 0.6) is 0 Å². The van der Waals surface area contributed by atoms with E-state index in [1.165, 1.54) is 15.6 Å². The van der Waals surface area contributed by atoms with E-state index in [0.717, 1.165) is 5.65 Å². The molecule has 0 saturated carbocycles. The summed E-state index contributed by atoms with van der Waals surface area (Å²) in [6, 6.07) is 8.95. The molecule has 0 aromatic carbocycles. The molecule has 1 saturated heterocycles. The number of amides is 1. The highest BCUT2D eigenvalue weighted by molar-refractivity contribution is 7.91. The third-order valence-corrected chi connectivity index (χ3v) is 7.99. The van der Waals surface area contributed by atoms with Gasteiger partial charge in [0.15, 0.2) is 11.5 Å². The first kappa shape index (κ1) is 18.1. The van der Waals surface area contributed by atoms with Crippen LogP contribution in [-0.2, 0) is 21.4 Å². The zero-order valence-corrected chi connectivity index (χ0v) is 16.1. The SMILES string of the molecule is O=C(NCc1nnc2ccccn12)C1CCN(S(=O)(=O)c2cccs2)CC1. The fourth-order valence-corrected chi connectivity index (χ4v) is 5.83. The lowest BCUT2D eigenvalue weighted by Gasteiger charge is -2.30. The summed E-state index contributed by atoms with van der Waals surface area (Å²) in [6.45, 7) is 0.996. The number of rotatable bonds is 5. The van der Waals surface area contributed by atoms with Crippen molar-refractivity contribution in [3.8, 4) is 0 Å². The van der Waals surface area contributed by atoms with Gasteiger partial charge in [-0.25, -0.2) is 8.42 Å². The van der Waals surface area contributed by atoms with Crippen LogP contribution < -0.4 is 5.32 Å². The number of fused-ring (bicyclic) bond motifs is 1. The number of carbonyl (C=O) groups excluding carboxylic acids is 1. The Balaban J connectivity index is 1.34. The molecule has 0 spiro atoms. The Morgan fingerprint density at radius 1 is 1.19 bits per heavy atom. The number of sulfonamides is 1. The quantitative estimate of drug-likeness (QED) is 0.694. The van der Waals surface area contributed by atoms with Crippen molar-refractivity contribution in [2.75, 3.05) is 13.1 Å². The van der Waals surface area contributed by atoms with Crippen molar-refractivity contribution in [3.63, 3.8) is 0 Å². The molecule has 1 fully saturated rings. The van der Waals surface area contributed by atoms with Gasteiger partial charge in [0.2, 0.25) is 5.91 Å². The molecule has 1 aliphatic rings. The number of thiophene rings is 1. The van der Waals surface area contributed by atoms with Gasteiger partial charge in [0.05, 0.1) is 6.54 Å². The highest BCUT2D eigenvalue weighted by Gasteiger charge is 2.32. The molecule has 3 aromatic rings. The number of piperidine rings is 1. The van der Waals surface area contributed by atoms with E-state index in [1.54, 1.807) is 17.5 Å². The van der Waals surface area contributed by atoms with Gasteiger partial charge in [0.1, 0.15) is 4.21 Å². The van der Waals surface area contributed by atoms with Crippen molar-refractivity contribution in [1.29, 1.82) is 0 Å². The number of carbonyl (C=O) groups is 1. The fourth-order valence-electron chi connectivity index (χ4n) is 3.22. The lowest BCUT2D eigenvalue weighted by Crippen LogP contribution is -2.42. The second-order valence-corrected chi connectivity index (χ2v) is 9.49. The predicted octanol–water partition coefficient (Wildman–Crippen LogP) is 1.51. The summed E-state index contributed by atoms with van der Waals surface area (Å²) in [5.41, 5.74) is 0.730. The zero-order valence-electron chi connectivity index (χ0n) is 14.5. The van der Waals surface area contributed by atoms with Crippen LogP contribution in [0.1, 0.15) is 18.7 Å². The van der Waals surface area contributed by atoms with E-state index >= 15 is 0 Å². The minimum atomic E-state index is -3.44. The molecule has 0 aliphatic carbocycles. The first-order valence-electron chi connectivity index (χ1n) is 8.66. The predicted molar refractivity (Wildman–Crippen MR) is 101 cm³/mol. The van der Waals surface area contributed by atoms with Gasteiger partial charge in [-0.2, -0.15) is 4.31 Å². The van der Waals surface area contributed by atoms with Crippen molar-refractivity contribution in [2.45, 2.75) is 23.6 Å². The van der Waals surface area contributed by atoms with Gasteiger partial charge in [-0.05, 0) is 36.4 Å². The topological polar surface area (TPSA) is 96.7 Å². The molecule has 3 aromatic heterocycles. The molecule has 0 atom stereocenters. The van der Waals surface area contributed by atoms with E-state index in [-0.39, 0.29) is 18.4 Å². The van der Waals surface area contributed by atoms with Crippen LogP contribution in [-0.4, -0.2) is 46.3 Å². The van der Waals surface area contributed by atoms with Gasteiger partial charge in [-0.3, -0.25) is 9.20 Å². The minimum absolute atomic E-state index is 0.0733. The van der Waals surface area contributed by atoms with Gasteiger partial charge >= 0.3 is 0 Å². The second-order valence-electron chi connectivity index (χ2n) is 6.37. The van der Waals surface area contributed by atoms with Gasteiger partial charge in [0.25, 0.3) is 10.0 Å². The highest BCUT2D eigenvalue weighted by atomic mass is 32.2. The monoisotopic (exact) mass is 405 g/mol. The Hall–Kier alpha value is -2.30. The average molecular weight is 406 g/mol. The van der Waals surface area contributed by atoms with E-state index < -0.39 is 10.0 Å². The van der Waals surface area contributed by atoms with Crippen LogP contribution in [0.4, 0.5) is 0 Å². The largest absolute Gasteiger partial charge is 0.349 e. The van der Waals surface area contributed by atoms with Crippen LogP contribution in [0.2, 0.25) is 0 Å².